The van der Waals surface area contributed by atoms with Crippen molar-refractivity contribution in [2.24, 2.45) is 0 Å². The summed E-state index contributed by atoms with van der Waals surface area (Å²) in [5.74, 6) is 0. The first-order valence-electron chi connectivity index (χ1n) is 5.86. The Morgan fingerprint density at radius 3 is 2.40 bits per heavy atom. The maximum absolute atomic E-state index is 4.62. The molecule has 1 fully saturated rings. The predicted molar refractivity (Wildman–Crippen MR) is 67.8 cm³/mol. The van der Waals surface area contributed by atoms with Crippen molar-refractivity contribution in [1.29, 1.82) is 0 Å². The lowest BCUT2D eigenvalue weighted by molar-refractivity contribution is 0.270. The lowest BCUT2D eigenvalue weighted by atomic mass is 9.95. The number of thiol groups is 1. The van der Waals surface area contributed by atoms with Crippen molar-refractivity contribution < 1.29 is 0 Å². The molecule has 1 aliphatic carbocycles. The largest absolute Gasteiger partial charge is 0.246 e. The second-order valence-corrected chi connectivity index (χ2v) is 4.89. The molecule has 1 aromatic rings. The Morgan fingerprint density at radius 2 is 1.73 bits per heavy atom. The van der Waals surface area contributed by atoms with E-state index in [1.807, 2.05) is 0 Å². The molecule has 0 aromatic heterocycles. The molecule has 1 nitrogen and oxygen atoms in total. The smallest absolute Gasteiger partial charge is 0.0341 e. The summed E-state index contributed by atoms with van der Waals surface area (Å²) in [4.78, 5) is 0. The fourth-order valence-corrected chi connectivity index (χ4v) is 2.67. The minimum Gasteiger partial charge on any atom is -0.246 e. The van der Waals surface area contributed by atoms with E-state index in [4.69, 9.17) is 0 Å². The van der Waals surface area contributed by atoms with Crippen LogP contribution in [-0.4, -0.2) is 10.3 Å². The monoisotopic (exact) mass is 221 g/mol. The normalized spacial score (nSPS) is 18.3. The number of rotatable bonds is 3. The van der Waals surface area contributed by atoms with Gasteiger partial charge in [0.1, 0.15) is 0 Å². The number of hydrogen-bond acceptors (Lipinski definition) is 2. The summed E-state index contributed by atoms with van der Waals surface area (Å²) in [5, 5.41) is 0. The Labute approximate surface area is 98.0 Å². The third-order valence-electron chi connectivity index (χ3n) is 3.18. The molecule has 2 heteroatoms. The molecule has 0 bridgehead atoms. The van der Waals surface area contributed by atoms with Gasteiger partial charge < -0.3 is 0 Å². The van der Waals surface area contributed by atoms with Crippen LogP contribution in [0.5, 0.6) is 0 Å². The van der Waals surface area contributed by atoms with E-state index in [2.05, 4.69) is 47.5 Å². The van der Waals surface area contributed by atoms with Crippen molar-refractivity contribution in [2.75, 3.05) is 0 Å². The second-order valence-electron chi connectivity index (χ2n) is 4.38. The van der Waals surface area contributed by atoms with Crippen LogP contribution in [0, 0.1) is 0 Å². The van der Waals surface area contributed by atoms with Crippen molar-refractivity contribution >= 4 is 12.8 Å². The third kappa shape index (κ3) is 3.25. The van der Waals surface area contributed by atoms with E-state index in [0.717, 1.165) is 6.54 Å². The molecule has 0 saturated heterocycles. The Balaban J connectivity index is 1.88. The van der Waals surface area contributed by atoms with Crippen LogP contribution < -0.4 is 0 Å². The first-order chi connectivity index (χ1) is 7.36. The van der Waals surface area contributed by atoms with Crippen LogP contribution in [0.1, 0.15) is 37.7 Å². The van der Waals surface area contributed by atoms with E-state index in [-0.39, 0.29) is 0 Å². The third-order valence-corrected chi connectivity index (χ3v) is 3.65. The molecule has 0 amide bonds. The molecule has 0 aliphatic heterocycles. The van der Waals surface area contributed by atoms with Crippen LogP contribution in [0.15, 0.2) is 30.3 Å². The highest BCUT2D eigenvalue weighted by Gasteiger charge is 2.18. The molecule has 2 rings (SSSR count). The molecule has 0 radical (unpaired) electrons. The van der Waals surface area contributed by atoms with Gasteiger partial charge in [-0.2, -0.15) is 0 Å². The summed E-state index contributed by atoms with van der Waals surface area (Å²) >= 11 is 4.62. The zero-order chi connectivity index (χ0) is 10.5. The van der Waals surface area contributed by atoms with E-state index in [0.29, 0.717) is 6.04 Å². The van der Waals surface area contributed by atoms with Gasteiger partial charge in [0.2, 0.25) is 0 Å². The SMILES string of the molecule is SN(Cc1ccccc1)C1CCCCC1. The molecule has 82 valence electrons. The van der Waals surface area contributed by atoms with Crippen LogP contribution in [0.2, 0.25) is 0 Å². The lowest BCUT2D eigenvalue weighted by Crippen LogP contribution is -2.28. The van der Waals surface area contributed by atoms with Crippen molar-refractivity contribution in [3.05, 3.63) is 35.9 Å². The van der Waals surface area contributed by atoms with E-state index in [9.17, 15) is 0 Å². The highest BCUT2D eigenvalue weighted by Crippen LogP contribution is 2.24. The van der Waals surface area contributed by atoms with Crippen molar-refractivity contribution in [1.82, 2.24) is 4.31 Å². The van der Waals surface area contributed by atoms with Crippen LogP contribution >= 0.6 is 12.8 Å². The van der Waals surface area contributed by atoms with Crippen LogP contribution in [-0.2, 0) is 6.54 Å². The molecule has 0 N–H and O–H groups in total. The maximum Gasteiger partial charge on any atom is 0.0341 e. The summed E-state index contributed by atoms with van der Waals surface area (Å²) in [6.45, 7) is 0.967. The average Bonchev–Trinajstić information content (AvgIpc) is 2.31. The molecule has 0 spiro atoms. The van der Waals surface area contributed by atoms with Gasteiger partial charge in [0, 0.05) is 12.6 Å². The van der Waals surface area contributed by atoms with Crippen molar-refractivity contribution in [2.45, 2.75) is 44.7 Å². The molecule has 15 heavy (non-hydrogen) atoms. The summed E-state index contributed by atoms with van der Waals surface area (Å²) in [5.41, 5.74) is 1.36. The number of hydrogen-bond donors (Lipinski definition) is 1. The fraction of sp³-hybridized carbons (Fsp3) is 0.538. The van der Waals surface area contributed by atoms with Gasteiger partial charge in [-0.3, -0.25) is 0 Å². The van der Waals surface area contributed by atoms with Gasteiger partial charge in [0.05, 0.1) is 0 Å². The predicted octanol–water partition coefficient (Wildman–Crippen LogP) is 3.67. The highest BCUT2D eigenvalue weighted by molar-refractivity contribution is 7.77. The average molecular weight is 221 g/mol. The summed E-state index contributed by atoms with van der Waals surface area (Å²) in [7, 11) is 0. The molecule has 0 unspecified atom stereocenters. The van der Waals surface area contributed by atoms with Gasteiger partial charge >= 0.3 is 0 Å². The quantitative estimate of drug-likeness (QED) is 0.762. The number of nitrogens with zero attached hydrogens (tertiary/aromatic N) is 1. The maximum atomic E-state index is 4.62. The van der Waals surface area contributed by atoms with Crippen LogP contribution in [0.25, 0.3) is 0 Å². The van der Waals surface area contributed by atoms with Gasteiger partial charge in [-0.15, -0.1) is 0 Å². The van der Waals surface area contributed by atoms with Gasteiger partial charge in [0.15, 0.2) is 0 Å². The lowest BCUT2D eigenvalue weighted by Gasteiger charge is -2.29. The zero-order valence-corrected chi connectivity index (χ0v) is 10.00. The Hall–Kier alpha value is -0.470. The van der Waals surface area contributed by atoms with Gasteiger partial charge in [-0.25, -0.2) is 4.31 Å². The molecule has 1 saturated carbocycles. The Morgan fingerprint density at radius 1 is 1.07 bits per heavy atom. The standard InChI is InChI=1S/C13H19NS/c15-14(13-9-5-2-6-10-13)11-12-7-3-1-4-8-12/h1,3-4,7-8,13,15H,2,5-6,9-11H2. The molecule has 1 aliphatic rings. The second kappa shape index (κ2) is 5.57. The topological polar surface area (TPSA) is 3.24 Å². The Bertz CT molecular complexity index is 280. The minimum atomic E-state index is 0.683. The molecule has 0 heterocycles. The highest BCUT2D eigenvalue weighted by atomic mass is 32.1. The van der Waals surface area contributed by atoms with Gasteiger partial charge in [-0.1, -0.05) is 62.4 Å². The Kier molecular flexibility index (Phi) is 4.09. The van der Waals surface area contributed by atoms with Crippen molar-refractivity contribution in [3.63, 3.8) is 0 Å². The van der Waals surface area contributed by atoms with E-state index in [1.54, 1.807) is 0 Å². The van der Waals surface area contributed by atoms with Gasteiger partial charge in [-0.05, 0) is 18.4 Å². The first kappa shape index (κ1) is 11.0. The molecular formula is C13H19NS. The molecular weight excluding hydrogens is 202 g/mol. The van der Waals surface area contributed by atoms with E-state index >= 15 is 0 Å². The van der Waals surface area contributed by atoms with Crippen molar-refractivity contribution in [3.8, 4) is 0 Å². The van der Waals surface area contributed by atoms with Crippen LogP contribution in [0.3, 0.4) is 0 Å². The summed E-state index contributed by atoms with van der Waals surface area (Å²) in [6.07, 6.45) is 6.78. The van der Waals surface area contributed by atoms with Gasteiger partial charge in [0.25, 0.3) is 0 Å². The summed E-state index contributed by atoms with van der Waals surface area (Å²) in [6, 6.07) is 11.3. The first-order valence-corrected chi connectivity index (χ1v) is 6.26. The van der Waals surface area contributed by atoms with Crippen LogP contribution in [0.4, 0.5) is 0 Å². The van der Waals surface area contributed by atoms with E-state index < -0.39 is 0 Å². The summed E-state index contributed by atoms with van der Waals surface area (Å²) < 4.78 is 2.22. The zero-order valence-electron chi connectivity index (χ0n) is 9.10. The minimum absolute atomic E-state index is 0.683. The fourth-order valence-electron chi connectivity index (χ4n) is 2.28. The number of benzene rings is 1. The molecule has 0 atom stereocenters. The molecule has 1 aromatic carbocycles. The van der Waals surface area contributed by atoms with E-state index in [1.165, 1.54) is 37.7 Å².